The summed E-state index contributed by atoms with van der Waals surface area (Å²) in [6, 6.07) is 12.3. The third-order valence-corrected chi connectivity index (χ3v) is 3.53. The molecule has 0 aliphatic heterocycles. The molecule has 0 saturated carbocycles. The highest BCUT2D eigenvalue weighted by molar-refractivity contribution is 6.31. The first-order valence-corrected chi connectivity index (χ1v) is 7.58. The standard InChI is InChI=1S/C17H14ClN3O3/c1-10(17(22)23)24-13-5-3-12(4-6-13)20-16-9-19-15-8-11(18)2-7-14(15)21-16/h2-10H,1H3,(H,20,21)(H,22,23). The Morgan fingerprint density at radius 1 is 1.21 bits per heavy atom. The average molecular weight is 344 g/mol. The van der Waals surface area contributed by atoms with Crippen LogP contribution in [0.15, 0.2) is 48.7 Å². The number of carboxylic acids is 1. The summed E-state index contributed by atoms with van der Waals surface area (Å²) in [7, 11) is 0. The van der Waals surface area contributed by atoms with E-state index in [9.17, 15) is 4.79 Å². The van der Waals surface area contributed by atoms with Gasteiger partial charge in [-0.15, -0.1) is 0 Å². The number of nitrogens with one attached hydrogen (secondary N) is 1. The Kier molecular flexibility index (Phi) is 4.48. The zero-order valence-electron chi connectivity index (χ0n) is 12.7. The number of ether oxygens (including phenoxy) is 1. The Labute approximate surface area is 143 Å². The van der Waals surface area contributed by atoms with E-state index in [2.05, 4.69) is 15.3 Å². The van der Waals surface area contributed by atoms with Gasteiger partial charge in [-0.3, -0.25) is 4.98 Å². The molecule has 3 aromatic rings. The third kappa shape index (κ3) is 3.72. The molecule has 0 spiro atoms. The van der Waals surface area contributed by atoms with Crippen LogP contribution in [-0.4, -0.2) is 27.1 Å². The van der Waals surface area contributed by atoms with Crippen molar-refractivity contribution >= 4 is 40.1 Å². The minimum Gasteiger partial charge on any atom is -0.479 e. The smallest absolute Gasteiger partial charge is 0.344 e. The summed E-state index contributed by atoms with van der Waals surface area (Å²) in [5.74, 6) is 0.0656. The quantitative estimate of drug-likeness (QED) is 0.731. The summed E-state index contributed by atoms with van der Waals surface area (Å²) in [4.78, 5) is 19.6. The van der Waals surface area contributed by atoms with Gasteiger partial charge in [0.25, 0.3) is 0 Å². The fourth-order valence-electron chi connectivity index (χ4n) is 2.06. The van der Waals surface area contributed by atoms with E-state index in [1.807, 2.05) is 0 Å². The van der Waals surface area contributed by atoms with Crippen LogP contribution in [0.5, 0.6) is 5.75 Å². The lowest BCUT2D eigenvalue weighted by molar-refractivity contribution is -0.144. The van der Waals surface area contributed by atoms with Crippen molar-refractivity contribution in [2.45, 2.75) is 13.0 Å². The molecule has 2 aromatic carbocycles. The predicted octanol–water partition coefficient (Wildman–Crippen LogP) is 3.88. The second-order valence-electron chi connectivity index (χ2n) is 5.14. The summed E-state index contributed by atoms with van der Waals surface area (Å²) in [6.07, 6.45) is 0.720. The van der Waals surface area contributed by atoms with E-state index in [0.29, 0.717) is 16.6 Å². The van der Waals surface area contributed by atoms with Gasteiger partial charge < -0.3 is 15.2 Å². The second kappa shape index (κ2) is 6.72. The molecule has 2 N–H and O–H groups in total. The summed E-state index contributed by atoms with van der Waals surface area (Å²) in [5.41, 5.74) is 2.24. The summed E-state index contributed by atoms with van der Waals surface area (Å²) < 4.78 is 5.28. The molecule has 122 valence electrons. The van der Waals surface area contributed by atoms with Crippen molar-refractivity contribution in [2.24, 2.45) is 0 Å². The van der Waals surface area contributed by atoms with E-state index in [1.165, 1.54) is 6.92 Å². The zero-order chi connectivity index (χ0) is 17.1. The lowest BCUT2D eigenvalue weighted by atomic mass is 10.3. The number of rotatable bonds is 5. The van der Waals surface area contributed by atoms with Gasteiger partial charge in [-0.2, -0.15) is 0 Å². The number of fused-ring (bicyclic) bond motifs is 1. The number of halogens is 1. The van der Waals surface area contributed by atoms with Crippen molar-refractivity contribution in [1.82, 2.24) is 9.97 Å². The highest BCUT2D eigenvalue weighted by atomic mass is 35.5. The van der Waals surface area contributed by atoms with Crippen molar-refractivity contribution in [3.05, 3.63) is 53.7 Å². The summed E-state index contributed by atoms with van der Waals surface area (Å²) in [6.45, 7) is 1.48. The number of carboxylic acid groups (broad SMARTS) is 1. The number of anilines is 2. The topological polar surface area (TPSA) is 84.3 Å². The average Bonchev–Trinajstić information content (AvgIpc) is 2.56. The number of carbonyl (C=O) groups is 1. The summed E-state index contributed by atoms with van der Waals surface area (Å²) in [5, 5.41) is 12.6. The predicted molar refractivity (Wildman–Crippen MR) is 92.0 cm³/mol. The van der Waals surface area contributed by atoms with Crippen LogP contribution in [0.1, 0.15) is 6.92 Å². The SMILES string of the molecule is CC(Oc1ccc(Nc2cnc3cc(Cl)ccc3n2)cc1)C(=O)O. The molecule has 1 aromatic heterocycles. The maximum Gasteiger partial charge on any atom is 0.344 e. The van der Waals surface area contributed by atoms with Crippen LogP contribution in [0.25, 0.3) is 11.0 Å². The molecule has 3 rings (SSSR count). The van der Waals surface area contributed by atoms with E-state index in [4.69, 9.17) is 21.4 Å². The van der Waals surface area contributed by atoms with E-state index in [0.717, 1.165) is 16.7 Å². The Morgan fingerprint density at radius 2 is 1.96 bits per heavy atom. The monoisotopic (exact) mass is 343 g/mol. The number of benzene rings is 2. The highest BCUT2D eigenvalue weighted by Crippen LogP contribution is 2.22. The molecule has 0 aliphatic rings. The van der Waals surface area contributed by atoms with Crippen LogP contribution in [0, 0.1) is 0 Å². The van der Waals surface area contributed by atoms with Gasteiger partial charge in [0.1, 0.15) is 11.6 Å². The maximum atomic E-state index is 10.8. The molecule has 6 nitrogen and oxygen atoms in total. The fraction of sp³-hybridized carbons (Fsp3) is 0.118. The normalized spacial score (nSPS) is 11.9. The molecular weight excluding hydrogens is 330 g/mol. The largest absolute Gasteiger partial charge is 0.479 e. The molecule has 0 amide bonds. The Balaban J connectivity index is 1.74. The fourth-order valence-corrected chi connectivity index (χ4v) is 2.23. The first kappa shape index (κ1) is 16.0. The minimum atomic E-state index is -1.01. The van der Waals surface area contributed by atoms with Gasteiger partial charge in [-0.05, 0) is 49.4 Å². The van der Waals surface area contributed by atoms with Crippen LogP contribution < -0.4 is 10.1 Å². The molecule has 7 heteroatoms. The van der Waals surface area contributed by atoms with Crippen molar-refractivity contribution in [1.29, 1.82) is 0 Å². The van der Waals surface area contributed by atoms with E-state index in [1.54, 1.807) is 48.7 Å². The maximum absolute atomic E-state index is 10.8. The first-order valence-electron chi connectivity index (χ1n) is 7.20. The van der Waals surface area contributed by atoms with Gasteiger partial charge in [0.2, 0.25) is 0 Å². The molecule has 0 aliphatic carbocycles. The van der Waals surface area contributed by atoms with E-state index >= 15 is 0 Å². The molecular formula is C17H14ClN3O3. The number of hydrogen-bond donors (Lipinski definition) is 2. The Morgan fingerprint density at radius 3 is 2.67 bits per heavy atom. The molecule has 24 heavy (non-hydrogen) atoms. The van der Waals surface area contributed by atoms with Crippen LogP contribution in [-0.2, 0) is 4.79 Å². The first-order chi connectivity index (χ1) is 11.5. The van der Waals surface area contributed by atoms with Gasteiger partial charge >= 0.3 is 5.97 Å². The van der Waals surface area contributed by atoms with Gasteiger partial charge in [-0.1, -0.05) is 11.6 Å². The lowest BCUT2D eigenvalue weighted by Crippen LogP contribution is -2.22. The molecule has 0 fully saturated rings. The Bertz CT molecular complexity index is 884. The van der Waals surface area contributed by atoms with Crippen LogP contribution in [0.4, 0.5) is 11.5 Å². The minimum absolute atomic E-state index is 0.481. The molecule has 0 radical (unpaired) electrons. The Hall–Kier alpha value is -2.86. The van der Waals surface area contributed by atoms with Crippen molar-refractivity contribution in [3.8, 4) is 5.75 Å². The molecule has 0 saturated heterocycles. The van der Waals surface area contributed by atoms with E-state index < -0.39 is 12.1 Å². The second-order valence-corrected chi connectivity index (χ2v) is 5.57. The van der Waals surface area contributed by atoms with Gasteiger partial charge in [0, 0.05) is 10.7 Å². The molecule has 1 heterocycles. The number of nitrogens with zero attached hydrogens (tertiary/aromatic N) is 2. The number of aliphatic carboxylic acids is 1. The third-order valence-electron chi connectivity index (χ3n) is 3.29. The number of aromatic nitrogens is 2. The van der Waals surface area contributed by atoms with Crippen LogP contribution >= 0.6 is 11.6 Å². The highest BCUT2D eigenvalue weighted by Gasteiger charge is 2.12. The van der Waals surface area contributed by atoms with Crippen LogP contribution in [0.2, 0.25) is 5.02 Å². The number of hydrogen-bond acceptors (Lipinski definition) is 5. The molecule has 1 unspecified atom stereocenters. The summed E-state index contributed by atoms with van der Waals surface area (Å²) >= 11 is 5.93. The lowest BCUT2D eigenvalue weighted by Gasteiger charge is -2.11. The van der Waals surface area contributed by atoms with Crippen molar-refractivity contribution in [3.63, 3.8) is 0 Å². The van der Waals surface area contributed by atoms with Gasteiger partial charge in [-0.25, -0.2) is 9.78 Å². The van der Waals surface area contributed by atoms with Crippen molar-refractivity contribution in [2.75, 3.05) is 5.32 Å². The molecule has 0 bridgehead atoms. The van der Waals surface area contributed by atoms with Crippen LogP contribution in [0.3, 0.4) is 0 Å². The van der Waals surface area contributed by atoms with E-state index in [-0.39, 0.29) is 0 Å². The zero-order valence-corrected chi connectivity index (χ0v) is 13.5. The molecule has 1 atom stereocenters. The van der Waals surface area contributed by atoms with Gasteiger partial charge in [0.15, 0.2) is 6.10 Å². The van der Waals surface area contributed by atoms with Gasteiger partial charge in [0.05, 0.1) is 17.2 Å². The van der Waals surface area contributed by atoms with Crippen molar-refractivity contribution < 1.29 is 14.6 Å².